The molecule has 0 saturated carbocycles. The molecule has 16 nitrogen and oxygen atoms in total. The molecule has 2 aromatic carbocycles. The summed E-state index contributed by atoms with van der Waals surface area (Å²) in [5, 5.41) is 6.64. The van der Waals surface area contributed by atoms with E-state index in [2.05, 4.69) is 74.5 Å². The SMILES string of the molecule is C=CS(=O)(=O)N1CCC(c2ccc3nc(CC)c(N(C)c4nc(-c5ccc(F)cc5)cs4)n3c2)CC1.CCc1nc2ccc(C3CCN(S(=O)(=O)CCN4CCOCC4)CC3)cn2c1N(C)c1nc(-c2ccc(F)cc2)cs1. The maximum atomic E-state index is 13.4. The van der Waals surface area contributed by atoms with E-state index in [9.17, 15) is 25.6 Å². The number of hydrogen-bond donors (Lipinski definition) is 0. The van der Waals surface area contributed by atoms with Crippen LogP contribution in [0.3, 0.4) is 0 Å². The number of piperidine rings is 2. The van der Waals surface area contributed by atoms with Crippen molar-refractivity contribution < 1.29 is 30.4 Å². The zero-order valence-electron chi connectivity index (χ0n) is 44.3. The van der Waals surface area contributed by atoms with Gasteiger partial charge in [0.05, 0.1) is 41.7 Å². The fourth-order valence-corrected chi connectivity index (χ4v) is 14.6. The van der Waals surface area contributed by atoms with E-state index in [0.29, 0.717) is 45.9 Å². The zero-order valence-corrected chi connectivity index (χ0v) is 47.6. The molecule has 0 aliphatic carbocycles. The molecule has 6 aromatic heterocycles. The third-order valence-electron chi connectivity index (χ3n) is 15.1. The van der Waals surface area contributed by atoms with Crippen LogP contribution in [0.4, 0.5) is 30.7 Å². The van der Waals surface area contributed by atoms with Gasteiger partial charge in [0.1, 0.15) is 34.6 Å². The van der Waals surface area contributed by atoms with Crippen molar-refractivity contribution in [3.63, 3.8) is 0 Å². The Labute approximate surface area is 463 Å². The molecule has 0 unspecified atom stereocenters. The molecule has 0 bridgehead atoms. The van der Waals surface area contributed by atoms with Crippen molar-refractivity contribution in [3.05, 3.63) is 142 Å². The summed E-state index contributed by atoms with van der Waals surface area (Å²) in [6.45, 7) is 13.2. The van der Waals surface area contributed by atoms with Crippen LogP contribution in [0.1, 0.15) is 73.9 Å². The van der Waals surface area contributed by atoms with Crippen molar-refractivity contribution in [3.8, 4) is 22.5 Å². The number of aryl methyl sites for hydroxylation is 2. The van der Waals surface area contributed by atoms with Crippen LogP contribution in [0, 0.1) is 11.6 Å². The summed E-state index contributed by atoms with van der Waals surface area (Å²) in [6, 6.07) is 21.1. The van der Waals surface area contributed by atoms with Gasteiger partial charge in [-0.05, 0) is 122 Å². The molecular formula is C56H65F2N11O5S4. The number of hydrogen-bond acceptors (Lipinski definition) is 14. The minimum atomic E-state index is -3.38. The number of ether oxygens (including phenoxy) is 1. The predicted octanol–water partition coefficient (Wildman–Crippen LogP) is 10.3. The maximum Gasteiger partial charge on any atom is 0.235 e. The molecular weight excluding hydrogens is 1070 g/mol. The first-order valence-corrected chi connectivity index (χ1v) is 31.3. The Hall–Kier alpha value is -5.98. The third kappa shape index (κ3) is 12.0. The van der Waals surface area contributed by atoms with Gasteiger partial charge in [-0.2, -0.15) is 4.31 Å². The summed E-state index contributed by atoms with van der Waals surface area (Å²) >= 11 is 3.07. The topological polar surface area (TPSA) is 154 Å². The Morgan fingerprint density at radius 1 is 0.628 bits per heavy atom. The number of nitrogens with zero attached hydrogens (tertiary/aromatic N) is 11. The molecule has 8 aromatic rings. The van der Waals surface area contributed by atoms with Gasteiger partial charge in [0.25, 0.3) is 0 Å². The largest absolute Gasteiger partial charge is 0.379 e. The molecule has 3 aliphatic heterocycles. The number of rotatable bonds is 16. The van der Waals surface area contributed by atoms with Crippen LogP contribution in [0.2, 0.25) is 0 Å². The molecule has 3 fully saturated rings. The van der Waals surface area contributed by atoms with Crippen LogP contribution < -0.4 is 9.80 Å². The van der Waals surface area contributed by atoms with Gasteiger partial charge in [0, 0.05) is 99.6 Å². The number of halogens is 2. The smallest absolute Gasteiger partial charge is 0.235 e. The van der Waals surface area contributed by atoms with E-state index in [0.717, 1.165) is 124 Å². The minimum absolute atomic E-state index is 0.160. The van der Waals surface area contributed by atoms with Crippen molar-refractivity contribution in [2.24, 2.45) is 0 Å². The van der Waals surface area contributed by atoms with Gasteiger partial charge in [0.15, 0.2) is 10.3 Å². The second-order valence-electron chi connectivity index (χ2n) is 19.8. The number of pyridine rings is 2. The van der Waals surface area contributed by atoms with E-state index in [-0.39, 0.29) is 29.2 Å². The summed E-state index contributed by atoms with van der Waals surface area (Å²) in [6.07, 6.45) is 8.92. The molecule has 0 atom stereocenters. The Balaban J connectivity index is 0.000000179. The molecule has 3 aliphatic rings. The summed E-state index contributed by atoms with van der Waals surface area (Å²) in [5.41, 5.74) is 9.39. The van der Waals surface area contributed by atoms with Gasteiger partial charge in [-0.3, -0.25) is 13.7 Å². The van der Waals surface area contributed by atoms with Crippen molar-refractivity contribution >= 4 is 75.9 Å². The number of sulfonamides is 2. The molecule has 78 heavy (non-hydrogen) atoms. The summed E-state index contributed by atoms with van der Waals surface area (Å²) in [5.74, 6) is 2.09. The van der Waals surface area contributed by atoms with Crippen LogP contribution in [0.25, 0.3) is 33.8 Å². The molecule has 3 saturated heterocycles. The molecule has 0 spiro atoms. The summed E-state index contributed by atoms with van der Waals surface area (Å²) < 4.78 is 90.0. The van der Waals surface area contributed by atoms with Gasteiger partial charge in [-0.1, -0.05) is 32.6 Å². The van der Waals surface area contributed by atoms with E-state index in [1.807, 2.05) is 30.9 Å². The quantitative estimate of drug-likeness (QED) is 0.0905. The van der Waals surface area contributed by atoms with Crippen LogP contribution in [0.15, 0.2) is 108 Å². The lowest BCUT2D eigenvalue weighted by molar-refractivity contribution is 0.0406. The van der Waals surface area contributed by atoms with E-state index >= 15 is 0 Å². The lowest BCUT2D eigenvalue weighted by Gasteiger charge is -2.32. The molecule has 0 radical (unpaired) electrons. The van der Waals surface area contributed by atoms with Crippen LogP contribution >= 0.6 is 22.7 Å². The second kappa shape index (κ2) is 23.8. The first kappa shape index (κ1) is 55.3. The van der Waals surface area contributed by atoms with E-state index in [4.69, 9.17) is 24.7 Å². The van der Waals surface area contributed by atoms with Crippen molar-refractivity contribution in [2.75, 3.05) is 88.7 Å². The van der Waals surface area contributed by atoms with Gasteiger partial charge >= 0.3 is 0 Å². The molecule has 0 amide bonds. The average molecular weight is 1140 g/mol. The number of aromatic nitrogens is 6. The normalized spacial score (nSPS) is 16.6. The summed E-state index contributed by atoms with van der Waals surface area (Å²) in [7, 11) is -2.68. The number of benzene rings is 2. The fourth-order valence-electron chi connectivity index (χ4n) is 10.6. The number of thiazole rings is 2. The Kier molecular flexibility index (Phi) is 16.9. The van der Waals surface area contributed by atoms with Gasteiger partial charge in [0.2, 0.25) is 20.0 Å². The number of fused-ring (bicyclic) bond motifs is 2. The molecule has 11 rings (SSSR count). The number of morpholine rings is 1. The summed E-state index contributed by atoms with van der Waals surface area (Å²) in [4.78, 5) is 25.7. The number of imidazole rings is 2. The standard InChI is InChI=1S/C30H37FN6O3S2.C26H28FN5O2S2/c1-3-26-29(34(2)30-33-27(21-41-30)23-4-7-25(31)8-5-23)37-20-24(6-9-28(37)32-26)22-10-12-36(13-11-22)42(38,39)19-16-35-14-17-40-18-15-35;1-4-22-25(30(3)26-29-23(17-35-26)19-6-9-21(27)10-7-19)32-16-20(8-11-24(32)28-22)18-12-14-31(15-13-18)36(33,34)5-2/h4-9,20-22H,3,10-19H2,1-2H3;5-11,16-18H,2,4,12-15H2,1,3H3. The van der Waals surface area contributed by atoms with E-state index in [1.165, 1.54) is 62.4 Å². The van der Waals surface area contributed by atoms with Crippen LogP contribution in [-0.4, -0.2) is 138 Å². The van der Waals surface area contributed by atoms with Crippen LogP contribution in [-0.2, 0) is 37.6 Å². The Bertz CT molecular complexity index is 3600. The fraction of sp³-hybridized carbons (Fsp3) is 0.393. The number of anilines is 4. The average Bonchev–Trinajstić information content (AvgIpc) is 4.44. The minimum Gasteiger partial charge on any atom is -0.379 e. The van der Waals surface area contributed by atoms with Crippen molar-refractivity contribution in [2.45, 2.75) is 64.2 Å². The van der Waals surface area contributed by atoms with Gasteiger partial charge in [-0.15, -0.1) is 22.7 Å². The lowest BCUT2D eigenvalue weighted by Crippen LogP contribution is -2.44. The highest BCUT2D eigenvalue weighted by molar-refractivity contribution is 7.92. The molecule has 0 N–H and O–H groups in total. The predicted molar refractivity (Wildman–Crippen MR) is 308 cm³/mol. The maximum absolute atomic E-state index is 13.4. The Morgan fingerprint density at radius 3 is 1.49 bits per heavy atom. The van der Waals surface area contributed by atoms with Gasteiger partial charge < -0.3 is 14.5 Å². The highest BCUT2D eigenvalue weighted by atomic mass is 32.2. The van der Waals surface area contributed by atoms with Gasteiger partial charge in [-0.25, -0.2) is 49.9 Å². The zero-order chi connectivity index (χ0) is 54.7. The van der Waals surface area contributed by atoms with Crippen LogP contribution in [0.5, 0.6) is 0 Å². The van der Waals surface area contributed by atoms with Crippen molar-refractivity contribution in [1.82, 2.24) is 42.2 Å². The van der Waals surface area contributed by atoms with Crippen molar-refractivity contribution in [1.29, 1.82) is 0 Å². The first-order valence-electron chi connectivity index (χ1n) is 26.5. The second-order valence-corrected chi connectivity index (χ2v) is 25.5. The van der Waals surface area contributed by atoms with E-state index in [1.54, 1.807) is 28.6 Å². The molecule has 22 heteroatoms. The highest BCUT2D eigenvalue weighted by Gasteiger charge is 2.31. The monoisotopic (exact) mass is 1140 g/mol. The van der Waals surface area contributed by atoms with E-state index < -0.39 is 20.0 Å². The third-order valence-corrected chi connectivity index (χ3v) is 20.3. The lowest BCUT2D eigenvalue weighted by atomic mass is 9.91. The Morgan fingerprint density at radius 2 is 1.06 bits per heavy atom. The molecule has 9 heterocycles. The first-order chi connectivity index (χ1) is 37.6. The highest BCUT2D eigenvalue weighted by Crippen LogP contribution is 2.38. The molecule has 412 valence electrons.